The van der Waals surface area contributed by atoms with E-state index in [-0.39, 0.29) is 11.5 Å². The lowest BCUT2D eigenvalue weighted by atomic mass is 10.0. The van der Waals surface area contributed by atoms with E-state index in [4.69, 9.17) is 18.6 Å². The Morgan fingerprint density at radius 3 is 2.55 bits per heavy atom. The van der Waals surface area contributed by atoms with Gasteiger partial charge in [0.05, 0.1) is 39.2 Å². The van der Waals surface area contributed by atoms with Gasteiger partial charge < -0.3 is 28.5 Å². The zero-order valence-corrected chi connectivity index (χ0v) is 21.4. The molecule has 1 N–H and O–H groups in total. The number of hydrogen-bond acceptors (Lipinski definition) is 10. The summed E-state index contributed by atoms with van der Waals surface area (Å²) in [6.45, 7) is 2.72. The molecule has 1 aliphatic heterocycles. The van der Waals surface area contributed by atoms with Crippen molar-refractivity contribution in [2.24, 2.45) is 0 Å². The molecule has 0 saturated carbocycles. The number of piperazine rings is 1. The zero-order chi connectivity index (χ0) is 26.6. The third kappa shape index (κ3) is 4.85. The van der Waals surface area contributed by atoms with E-state index in [1.165, 1.54) is 6.26 Å². The van der Waals surface area contributed by atoms with Crippen LogP contribution in [0.3, 0.4) is 0 Å². The van der Waals surface area contributed by atoms with Gasteiger partial charge in [0.1, 0.15) is 6.04 Å². The second kappa shape index (κ2) is 11.0. The largest absolute Gasteiger partial charge is 0.493 e. The Bertz CT molecular complexity index is 1460. The van der Waals surface area contributed by atoms with Gasteiger partial charge in [-0.25, -0.2) is 4.68 Å². The monoisotopic (exact) mass is 523 g/mol. The number of amides is 1. The highest BCUT2D eigenvalue weighted by Gasteiger charge is 2.34. The van der Waals surface area contributed by atoms with Gasteiger partial charge in [0.25, 0.3) is 11.5 Å². The Balaban J connectivity index is 1.53. The Labute approximate surface area is 217 Å². The van der Waals surface area contributed by atoms with Gasteiger partial charge in [-0.2, -0.15) is 0 Å². The number of H-pyrrole nitrogens is 1. The first-order chi connectivity index (χ1) is 18.5. The number of carbonyl (C=O) groups excluding carboxylic acids is 1. The molecule has 1 fully saturated rings. The molecule has 1 aliphatic rings. The van der Waals surface area contributed by atoms with Crippen LogP contribution in [0.1, 0.15) is 28.0 Å². The average molecular weight is 524 g/mol. The number of ether oxygens (including phenoxy) is 3. The normalized spacial score (nSPS) is 15.1. The van der Waals surface area contributed by atoms with Gasteiger partial charge in [-0.15, -0.1) is 5.10 Å². The first kappa shape index (κ1) is 25.4. The van der Waals surface area contributed by atoms with E-state index in [9.17, 15) is 9.59 Å². The topological polar surface area (TPSA) is 141 Å². The van der Waals surface area contributed by atoms with E-state index in [1.807, 2.05) is 12.1 Å². The van der Waals surface area contributed by atoms with Crippen molar-refractivity contribution in [2.45, 2.75) is 12.6 Å². The van der Waals surface area contributed by atoms with Gasteiger partial charge in [0.15, 0.2) is 23.1 Å². The fraction of sp³-hybridized carbons (Fsp3) is 0.400. The molecule has 13 heteroatoms. The second-order valence-electron chi connectivity index (χ2n) is 8.81. The number of rotatable bonds is 9. The second-order valence-corrected chi connectivity index (χ2v) is 8.81. The highest BCUT2D eigenvalue weighted by atomic mass is 16.5. The first-order valence-corrected chi connectivity index (χ1v) is 12.1. The Morgan fingerprint density at radius 2 is 1.87 bits per heavy atom. The number of carbonyl (C=O) groups is 1. The molecule has 3 aromatic heterocycles. The van der Waals surface area contributed by atoms with Crippen LogP contribution in [0.4, 0.5) is 0 Å². The molecule has 13 nitrogen and oxygen atoms in total. The van der Waals surface area contributed by atoms with Crippen LogP contribution in [0.2, 0.25) is 0 Å². The van der Waals surface area contributed by atoms with Crippen LogP contribution in [0, 0.1) is 0 Å². The third-order valence-electron chi connectivity index (χ3n) is 6.68. The molecule has 4 heterocycles. The predicted octanol–water partition coefficient (Wildman–Crippen LogP) is 1.32. The molecule has 1 aromatic carbocycles. The van der Waals surface area contributed by atoms with Gasteiger partial charge in [-0.3, -0.25) is 14.5 Å². The summed E-state index contributed by atoms with van der Waals surface area (Å²) in [5.41, 5.74) is 0.817. The third-order valence-corrected chi connectivity index (χ3v) is 6.68. The van der Waals surface area contributed by atoms with Crippen molar-refractivity contribution in [3.8, 4) is 11.5 Å². The molecule has 0 aliphatic carbocycles. The molecular formula is C25H29N7O6. The minimum absolute atomic E-state index is 0.166. The number of aromatic amines is 1. The zero-order valence-electron chi connectivity index (χ0n) is 21.4. The summed E-state index contributed by atoms with van der Waals surface area (Å²) >= 11 is 0. The van der Waals surface area contributed by atoms with E-state index >= 15 is 0 Å². The first-order valence-electron chi connectivity index (χ1n) is 12.1. The Hall–Kier alpha value is -4.23. The Morgan fingerprint density at radius 1 is 1.11 bits per heavy atom. The molecule has 38 heavy (non-hydrogen) atoms. The predicted molar refractivity (Wildman–Crippen MR) is 135 cm³/mol. The lowest BCUT2D eigenvalue weighted by Gasteiger charge is -2.38. The SMILES string of the molecule is COCCn1nnnc1[C@H](c1cc2cc(OC)c(OC)cc2[nH]c1=O)N1CCN(C(=O)c2ccco2)CC1. The number of hydrogen-bond donors (Lipinski definition) is 1. The van der Waals surface area contributed by atoms with Crippen LogP contribution in [-0.2, 0) is 11.3 Å². The van der Waals surface area contributed by atoms with Gasteiger partial charge >= 0.3 is 0 Å². The molecule has 1 amide bonds. The van der Waals surface area contributed by atoms with Crippen molar-refractivity contribution in [2.75, 3.05) is 54.1 Å². The van der Waals surface area contributed by atoms with Crippen molar-refractivity contribution in [3.63, 3.8) is 0 Å². The lowest BCUT2D eigenvalue weighted by Crippen LogP contribution is -2.50. The molecule has 5 rings (SSSR count). The summed E-state index contributed by atoms with van der Waals surface area (Å²) < 4.78 is 23.0. The molecule has 4 aromatic rings. The van der Waals surface area contributed by atoms with E-state index in [2.05, 4.69) is 25.4 Å². The fourth-order valence-electron chi connectivity index (χ4n) is 4.74. The molecule has 0 radical (unpaired) electrons. The minimum atomic E-state index is -0.566. The van der Waals surface area contributed by atoms with Crippen LogP contribution in [0.25, 0.3) is 10.9 Å². The van der Waals surface area contributed by atoms with Gasteiger partial charge in [0.2, 0.25) is 0 Å². The molecule has 1 atom stereocenters. The standard InChI is InChI=1S/C25H29N7O6/c1-35-12-10-32-23(27-28-29-32)22(30-6-8-31(9-7-30)25(34)19-5-4-11-38-19)17-13-16-14-20(36-2)21(37-3)15-18(16)26-24(17)33/h4-5,11,13-15,22H,6-10,12H2,1-3H3,(H,26,33)/t22-/m0/s1. The number of pyridine rings is 1. The minimum Gasteiger partial charge on any atom is -0.493 e. The van der Waals surface area contributed by atoms with Gasteiger partial charge in [-0.05, 0) is 34.7 Å². The van der Waals surface area contributed by atoms with Crippen molar-refractivity contribution >= 4 is 16.8 Å². The van der Waals surface area contributed by atoms with Crippen molar-refractivity contribution in [3.05, 3.63) is 64.1 Å². The van der Waals surface area contributed by atoms with Crippen molar-refractivity contribution < 1.29 is 23.4 Å². The van der Waals surface area contributed by atoms with Gasteiger partial charge in [-0.1, -0.05) is 0 Å². The summed E-state index contributed by atoms with van der Waals surface area (Å²) in [6, 6.07) is 8.16. The number of fused-ring (bicyclic) bond motifs is 1. The van der Waals surface area contributed by atoms with E-state index in [0.29, 0.717) is 73.5 Å². The van der Waals surface area contributed by atoms with Gasteiger partial charge in [0, 0.05) is 50.3 Å². The smallest absolute Gasteiger partial charge is 0.289 e. The summed E-state index contributed by atoms with van der Waals surface area (Å²) in [4.78, 5) is 33.1. The van der Waals surface area contributed by atoms with Crippen LogP contribution in [-0.4, -0.2) is 95.0 Å². The van der Waals surface area contributed by atoms with E-state index in [0.717, 1.165) is 5.39 Å². The van der Waals surface area contributed by atoms with E-state index in [1.54, 1.807) is 49.1 Å². The average Bonchev–Trinajstić information content (AvgIpc) is 3.64. The molecular weight excluding hydrogens is 494 g/mol. The van der Waals surface area contributed by atoms with E-state index < -0.39 is 6.04 Å². The van der Waals surface area contributed by atoms with Crippen LogP contribution in [0.5, 0.6) is 11.5 Å². The number of aromatic nitrogens is 5. The molecule has 200 valence electrons. The summed E-state index contributed by atoms with van der Waals surface area (Å²) in [5.74, 6) is 1.71. The molecule has 0 bridgehead atoms. The molecule has 1 saturated heterocycles. The van der Waals surface area contributed by atoms with Crippen LogP contribution >= 0.6 is 0 Å². The Kier molecular flexibility index (Phi) is 7.38. The quantitative estimate of drug-likeness (QED) is 0.341. The summed E-state index contributed by atoms with van der Waals surface area (Å²) in [6.07, 6.45) is 1.48. The fourth-order valence-corrected chi connectivity index (χ4v) is 4.74. The maximum absolute atomic E-state index is 13.5. The summed E-state index contributed by atoms with van der Waals surface area (Å²) in [7, 11) is 4.71. The number of benzene rings is 1. The highest BCUT2D eigenvalue weighted by Crippen LogP contribution is 2.33. The van der Waals surface area contributed by atoms with Crippen molar-refractivity contribution in [1.82, 2.24) is 35.0 Å². The molecule has 0 unspecified atom stereocenters. The number of nitrogens with one attached hydrogen (secondary N) is 1. The maximum atomic E-state index is 13.5. The lowest BCUT2D eigenvalue weighted by molar-refractivity contribution is 0.0557. The number of tetrazole rings is 1. The molecule has 0 spiro atoms. The number of furan rings is 1. The summed E-state index contributed by atoms with van der Waals surface area (Å²) in [5, 5.41) is 13.1. The van der Waals surface area contributed by atoms with Crippen molar-refractivity contribution in [1.29, 1.82) is 0 Å². The maximum Gasteiger partial charge on any atom is 0.289 e. The number of nitrogens with zero attached hydrogens (tertiary/aromatic N) is 6. The number of methoxy groups -OCH3 is 3. The highest BCUT2D eigenvalue weighted by molar-refractivity contribution is 5.91. The van der Waals surface area contributed by atoms with Crippen LogP contribution in [0.15, 0.2) is 45.8 Å². The van der Waals surface area contributed by atoms with Crippen LogP contribution < -0.4 is 15.0 Å².